The summed E-state index contributed by atoms with van der Waals surface area (Å²) in [7, 11) is 0. The van der Waals surface area contributed by atoms with Gasteiger partial charge in [-0.15, -0.1) is 0 Å². The average molecular weight is 263 g/mol. The maximum Gasteiger partial charge on any atom is 0.420 e. The van der Waals surface area contributed by atoms with Crippen molar-refractivity contribution in [1.82, 2.24) is 0 Å². The molecule has 2 N–H and O–H groups in total. The third kappa shape index (κ3) is 4.44. The Morgan fingerprint density at radius 2 is 1.89 bits per heavy atom. The van der Waals surface area contributed by atoms with E-state index in [0.717, 1.165) is 6.07 Å². The van der Waals surface area contributed by atoms with Gasteiger partial charge in [0.15, 0.2) is 0 Å². The molecule has 1 aromatic carbocycles. The Bertz CT molecular complexity index is 391. The zero-order valence-electron chi connectivity index (χ0n) is 10.3. The van der Waals surface area contributed by atoms with Gasteiger partial charge in [0.25, 0.3) is 0 Å². The molecule has 0 amide bonds. The van der Waals surface area contributed by atoms with Crippen molar-refractivity contribution in [1.29, 1.82) is 0 Å². The fourth-order valence-corrected chi connectivity index (χ4v) is 1.33. The van der Waals surface area contributed by atoms with Gasteiger partial charge in [-0.3, -0.25) is 0 Å². The number of nitrogen functional groups attached to an aromatic ring is 1. The highest BCUT2D eigenvalue weighted by atomic mass is 19.4. The number of hydrogen-bond acceptors (Lipinski definition) is 3. The molecule has 0 bridgehead atoms. The van der Waals surface area contributed by atoms with Crippen LogP contribution in [-0.2, 0) is 10.9 Å². The second kappa shape index (κ2) is 5.95. The third-order valence-electron chi connectivity index (χ3n) is 2.10. The summed E-state index contributed by atoms with van der Waals surface area (Å²) in [5.41, 5.74) is 4.52. The average Bonchev–Trinajstić information content (AvgIpc) is 2.24. The van der Waals surface area contributed by atoms with Crippen LogP contribution in [0.1, 0.15) is 19.4 Å². The van der Waals surface area contributed by atoms with Crippen LogP contribution in [0.3, 0.4) is 0 Å². The predicted octanol–water partition coefficient (Wildman–Crippen LogP) is 3.09. The van der Waals surface area contributed by atoms with Crippen LogP contribution < -0.4 is 10.5 Å². The summed E-state index contributed by atoms with van der Waals surface area (Å²) in [6.07, 6.45) is -4.47. The SMILES string of the molecule is CC(C)OCCOc1ccc(N)cc1C(F)(F)F. The van der Waals surface area contributed by atoms with E-state index in [4.69, 9.17) is 15.2 Å². The summed E-state index contributed by atoms with van der Waals surface area (Å²) in [6.45, 7) is 3.97. The van der Waals surface area contributed by atoms with E-state index in [0.29, 0.717) is 0 Å². The van der Waals surface area contributed by atoms with Crippen molar-refractivity contribution in [3.63, 3.8) is 0 Å². The van der Waals surface area contributed by atoms with Gasteiger partial charge in [-0.2, -0.15) is 13.2 Å². The van der Waals surface area contributed by atoms with Crippen molar-refractivity contribution in [3.8, 4) is 5.75 Å². The molecule has 102 valence electrons. The molecular weight excluding hydrogens is 247 g/mol. The van der Waals surface area contributed by atoms with Gasteiger partial charge in [0.2, 0.25) is 0 Å². The molecule has 0 heterocycles. The normalized spacial score (nSPS) is 11.9. The van der Waals surface area contributed by atoms with Crippen molar-refractivity contribution >= 4 is 5.69 Å². The summed E-state index contributed by atoms with van der Waals surface area (Å²) in [5, 5.41) is 0. The second-order valence-electron chi connectivity index (χ2n) is 4.02. The molecule has 0 spiro atoms. The maximum absolute atomic E-state index is 12.7. The largest absolute Gasteiger partial charge is 0.491 e. The molecule has 18 heavy (non-hydrogen) atoms. The van der Waals surface area contributed by atoms with Gasteiger partial charge in [0.1, 0.15) is 12.4 Å². The summed E-state index contributed by atoms with van der Waals surface area (Å²) in [4.78, 5) is 0. The first-order valence-corrected chi connectivity index (χ1v) is 5.52. The lowest BCUT2D eigenvalue weighted by atomic mass is 10.1. The van der Waals surface area contributed by atoms with E-state index in [1.807, 2.05) is 13.8 Å². The molecule has 0 radical (unpaired) electrons. The molecule has 0 aliphatic rings. The Morgan fingerprint density at radius 3 is 2.44 bits per heavy atom. The van der Waals surface area contributed by atoms with Crippen molar-refractivity contribution < 1.29 is 22.6 Å². The number of alkyl halides is 3. The molecule has 1 rings (SSSR count). The lowest BCUT2D eigenvalue weighted by Crippen LogP contribution is -2.14. The lowest BCUT2D eigenvalue weighted by molar-refractivity contribution is -0.139. The quantitative estimate of drug-likeness (QED) is 0.655. The molecule has 3 nitrogen and oxygen atoms in total. The van der Waals surface area contributed by atoms with Gasteiger partial charge in [0, 0.05) is 5.69 Å². The molecule has 0 unspecified atom stereocenters. The number of nitrogens with two attached hydrogens (primary N) is 1. The minimum absolute atomic E-state index is 0.0158. The molecular formula is C12H16F3NO2. The van der Waals surface area contributed by atoms with E-state index in [-0.39, 0.29) is 30.8 Å². The molecule has 0 saturated heterocycles. The first kappa shape index (κ1) is 14.6. The molecule has 1 aromatic rings. The fraction of sp³-hybridized carbons (Fsp3) is 0.500. The fourth-order valence-electron chi connectivity index (χ4n) is 1.33. The Morgan fingerprint density at radius 1 is 1.22 bits per heavy atom. The van der Waals surface area contributed by atoms with Gasteiger partial charge in [-0.25, -0.2) is 0 Å². The minimum atomic E-state index is -4.48. The smallest absolute Gasteiger partial charge is 0.420 e. The Balaban J connectivity index is 2.70. The molecule has 0 aliphatic carbocycles. The molecule has 0 fully saturated rings. The van der Waals surface area contributed by atoms with E-state index in [1.54, 1.807) is 0 Å². The first-order valence-electron chi connectivity index (χ1n) is 5.52. The van der Waals surface area contributed by atoms with Crippen molar-refractivity contribution in [2.24, 2.45) is 0 Å². The Labute approximate surface area is 104 Å². The molecule has 0 aromatic heterocycles. The number of anilines is 1. The zero-order valence-corrected chi connectivity index (χ0v) is 10.3. The van der Waals surface area contributed by atoms with Crippen molar-refractivity contribution in [2.75, 3.05) is 18.9 Å². The highest BCUT2D eigenvalue weighted by molar-refractivity contribution is 5.49. The lowest BCUT2D eigenvalue weighted by Gasteiger charge is -2.15. The van der Waals surface area contributed by atoms with Gasteiger partial charge in [-0.05, 0) is 32.0 Å². The standard InChI is InChI=1S/C12H16F3NO2/c1-8(2)17-5-6-18-11-4-3-9(16)7-10(11)12(13,14)15/h3-4,7-8H,5-6,16H2,1-2H3. The van der Waals surface area contributed by atoms with E-state index in [1.165, 1.54) is 12.1 Å². The topological polar surface area (TPSA) is 44.5 Å². The van der Waals surface area contributed by atoms with Crippen LogP contribution in [0.4, 0.5) is 18.9 Å². The van der Waals surface area contributed by atoms with Gasteiger partial charge in [-0.1, -0.05) is 0 Å². The van der Waals surface area contributed by atoms with E-state index in [9.17, 15) is 13.2 Å². The highest BCUT2D eigenvalue weighted by Crippen LogP contribution is 2.37. The monoisotopic (exact) mass is 263 g/mol. The minimum Gasteiger partial charge on any atom is -0.491 e. The van der Waals surface area contributed by atoms with E-state index >= 15 is 0 Å². The Kier molecular flexibility index (Phi) is 4.84. The van der Waals surface area contributed by atoms with Crippen LogP contribution >= 0.6 is 0 Å². The molecule has 0 aliphatic heterocycles. The summed E-state index contributed by atoms with van der Waals surface area (Å²) in [5.74, 6) is -0.232. The van der Waals surface area contributed by atoms with Gasteiger partial charge < -0.3 is 15.2 Å². The number of halogens is 3. The van der Waals surface area contributed by atoms with Crippen LogP contribution in [0.25, 0.3) is 0 Å². The van der Waals surface area contributed by atoms with E-state index < -0.39 is 11.7 Å². The van der Waals surface area contributed by atoms with Gasteiger partial charge >= 0.3 is 6.18 Å². The highest BCUT2D eigenvalue weighted by Gasteiger charge is 2.34. The zero-order chi connectivity index (χ0) is 13.8. The second-order valence-corrected chi connectivity index (χ2v) is 4.02. The summed E-state index contributed by atoms with van der Waals surface area (Å²) < 4.78 is 48.3. The number of benzene rings is 1. The van der Waals surface area contributed by atoms with Crippen LogP contribution in [0.2, 0.25) is 0 Å². The van der Waals surface area contributed by atoms with Crippen molar-refractivity contribution in [2.45, 2.75) is 26.1 Å². The summed E-state index contributed by atoms with van der Waals surface area (Å²) >= 11 is 0. The Hall–Kier alpha value is -1.43. The van der Waals surface area contributed by atoms with Crippen LogP contribution in [0, 0.1) is 0 Å². The number of ether oxygens (including phenoxy) is 2. The van der Waals surface area contributed by atoms with Gasteiger partial charge in [0.05, 0.1) is 18.3 Å². The maximum atomic E-state index is 12.7. The third-order valence-corrected chi connectivity index (χ3v) is 2.10. The molecule has 0 atom stereocenters. The van der Waals surface area contributed by atoms with Crippen LogP contribution in [-0.4, -0.2) is 19.3 Å². The molecule has 0 saturated carbocycles. The number of rotatable bonds is 5. The van der Waals surface area contributed by atoms with Crippen molar-refractivity contribution in [3.05, 3.63) is 23.8 Å². The summed E-state index contributed by atoms with van der Waals surface area (Å²) in [6, 6.07) is 3.44. The number of hydrogen-bond donors (Lipinski definition) is 1. The van der Waals surface area contributed by atoms with Crippen LogP contribution in [0.5, 0.6) is 5.75 Å². The molecule has 6 heteroatoms. The first-order chi connectivity index (χ1) is 8.30. The predicted molar refractivity (Wildman–Crippen MR) is 62.4 cm³/mol. The van der Waals surface area contributed by atoms with E-state index in [2.05, 4.69) is 0 Å². The van der Waals surface area contributed by atoms with Crippen LogP contribution in [0.15, 0.2) is 18.2 Å².